The summed E-state index contributed by atoms with van der Waals surface area (Å²) in [4.78, 5) is 32.7. The predicted molar refractivity (Wildman–Crippen MR) is 107 cm³/mol. The molecule has 0 saturated carbocycles. The van der Waals surface area contributed by atoms with E-state index in [2.05, 4.69) is 10.5 Å². The molecule has 0 aliphatic carbocycles. The number of para-hydroxylation sites is 1. The van der Waals surface area contributed by atoms with Gasteiger partial charge in [-0.25, -0.2) is 0 Å². The molecular weight excluding hydrogens is 354 g/mol. The monoisotopic (exact) mass is 377 g/mol. The van der Waals surface area contributed by atoms with Gasteiger partial charge in [0.15, 0.2) is 0 Å². The normalized spacial score (nSPS) is 21.6. The number of oxime groups is 1. The van der Waals surface area contributed by atoms with Gasteiger partial charge in [-0.3, -0.25) is 9.59 Å². The molecular formula is C22H23N3O3. The van der Waals surface area contributed by atoms with Gasteiger partial charge in [0, 0.05) is 25.2 Å². The second-order valence-corrected chi connectivity index (χ2v) is 7.18. The van der Waals surface area contributed by atoms with Crippen LogP contribution in [0.25, 0.3) is 0 Å². The highest BCUT2D eigenvalue weighted by molar-refractivity contribution is 6.04. The van der Waals surface area contributed by atoms with Gasteiger partial charge in [0.1, 0.15) is 0 Å². The third kappa shape index (κ3) is 4.06. The number of amides is 2. The van der Waals surface area contributed by atoms with Crippen molar-refractivity contribution in [1.82, 2.24) is 4.90 Å². The minimum absolute atomic E-state index is 0.0442. The number of carbonyl (C=O) groups excluding carboxylic acids is 2. The van der Waals surface area contributed by atoms with Gasteiger partial charge in [-0.15, -0.1) is 0 Å². The molecule has 2 aromatic rings. The number of nitrogens with one attached hydrogen (secondary N) is 1. The average molecular weight is 377 g/mol. The highest BCUT2D eigenvalue weighted by atomic mass is 16.6. The molecule has 144 valence electrons. The summed E-state index contributed by atoms with van der Waals surface area (Å²) in [6.07, 6.45) is 1.43. The standard InChI is InChI=1S/C22H23N3O3/c26-21(23-18-11-5-2-6-12-18)17-10-7-13-25(15-17)22(27)20-14-19(24-28-20)16-8-3-1-4-9-16/h1-6,8-9,11-12,17,20H,7,10,13-15H2,(H,23,26). The largest absolute Gasteiger partial charge is 0.382 e. The first kappa shape index (κ1) is 18.2. The van der Waals surface area contributed by atoms with Crippen LogP contribution in [0.3, 0.4) is 0 Å². The summed E-state index contributed by atoms with van der Waals surface area (Å²) in [7, 11) is 0. The zero-order chi connectivity index (χ0) is 19.3. The van der Waals surface area contributed by atoms with Crippen molar-refractivity contribution in [2.24, 2.45) is 11.1 Å². The van der Waals surface area contributed by atoms with Crippen LogP contribution in [0.1, 0.15) is 24.8 Å². The lowest BCUT2D eigenvalue weighted by molar-refractivity contribution is -0.144. The summed E-state index contributed by atoms with van der Waals surface area (Å²) in [6, 6.07) is 19.1. The predicted octanol–water partition coefficient (Wildman–Crippen LogP) is 3.06. The smallest absolute Gasteiger partial charge is 0.266 e. The fraction of sp³-hybridized carbons (Fsp3) is 0.318. The average Bonchev–Trinajstić information content (AvgIpc) is 3.25. The van der Waals surface area contributed by atoms with E-state index in [9.17, 15) is 9.59 Å². The second-order valence-electron chi connectivity index (χ2n) is 7.18. The Balaban J connectivity index is 1.34. The summed E-state index contributed by atoms with van der Waals surface area (Å²) in [5.74, 6) is -0.349. The number of hydrogen-bond acceptors (Lipinski definition) is 4. The van der Waals surface area contributed by atoms with E-state index < -0.39 is 6.10 Å². The van der Waals surface area contributed by atoms with E-state index in [1.807, 2.05) is 60.7 Å². The molecule has 1 fully saturated rings. The first-order chi connectivity index (χ1) is 13.7. The number of rotatable bonds is 4. The van der Waals surface area contributed by atoms with Gasteiger partial charge >= 0.3 is 0 Å². The van der Waals surface area contributed by atoms with Gasteiger partial charge in [-0.1, -0.05) is 53.7 Å². The van der Waals surface area contributed by atoms with Crippen molar-refractivity contribution in [3.05, 3.63) is 66.2 Å². The van der Waals surface area contributed by atoms with Crippen molar-refractivity contribution in [3.63, 3.8) is 0 Å². The summed E-state index contributed by atoms with van der Waals surface area (Å²) >= 11 is 0. The topological polar surface area (TPSA) is 71.0 Å². The molecule has 6 nitrogen and oxygen atoms in total. The number of benzene rings is 2. The molecule has 2 aromatic carbocycles. The Morgan fingerprint density at radius 3 is 2.50 bits per heavy atom. The fourth-order valence-corrected chi connectivity index (χ4v) is 3.67. The Labute approximate surface area is 164 Å². The molecule has 1 saturated heterocycles. The quantitative estimate of drug-likeness (QED) is 0.890. The van der Waals surface area contributed by atoms with Crippen LogP contribution < -0.4 is 5.32 Å². The van der Waals surface area contributed by atoms with Crippen LogP contribution in [0.2, 0.25) is 0 Å². The van der Waals surface area contributed by atoms with Gasteiger partial charge in [-0.2, -0.15) is 0 Å². The van der Waals surface area contributed by atoms with Gasteiger partial charge < -0.3 is 15.1 Å². The summed E-state index contributed by atoms with van der Waals surface area (Å²) < 4.78 is 0. The first-order valence-corrected chi connectivity index (χ1v) is 9.63. The van der Waals surface area contributed by atoms with Crippen LogP contribution in [0.15, 0.2) is 65.8 Å². The third-order valence-electron chi connectivity index (χ3n) is 5.20. The molecule has 28 heavy (non-hydrogen) atoms. The lowest BCUT2D eigenvalue weighted by Crippen LogP contribution is -2.47. The van der Waals surface area contributed by atoms with E-state index in [4.69, 9.17) is 4.84 Å². The summed E-state index contributed by atoms with van der Waals surface area (Å²) in [5, 5.41) is 7.04. The number of anilines is 1. The van der Waals surface area contributed by atoms with Gasteiger partial charge in [0.2, 0.25) is 12.0 Å². The minimum atomic E-state index is -0.605. The fourth-order valence-electron chi connectivity index (χ4n) is 3.67. The number of hydrogen-bond donors (Lipinski definition) is 1. The van der Waals surface area contributed by atoms with Crippen LogP contribution in [-0.2, 0) is 14.4 Å². The lowest BCUT2D eigenvalue weighted by Gasteiger charge is -2.33. The molecule has 2 aliphatic heterocycles. The minimum Gasteiger partial charge on any atom is -0.382 e. The number of likely N-dealkylation sites (tertiary alicyclic amines) is 1. The first-order valence-electron chi connectivity index (χ1n) is 9.63. The van der Waals surface area contributed by atoms with Crippen molar-refractivity contribution in [2.75, 3.05) is 18.4 Å². The molecule has 4 rings (SSSR count). The SMILES string of the molecule is O=C(Nc1ccccc1)C1CCCN(C(=O)C2CC(c3ccccc3)=NO2)C1. The molecule has 0 spiro atoms. The zero-order valence-corrected chi connectivity index (χ0v) is 15.6. The highest BCUT2D eigenvalue weighted by Gasteiger charge is 2.36. The van der Waals surface area contributed by atoms with E-state index in [1.165, 1.54) is 0 Å². The molecule has 0 bridgehead atoms. The molecule has 2 aliphatic rings. The Morgan fingerprint density at radius 1 is 1.04 bits per heavy atom. The zero-order valence-electron chi connectivity index (χ0n) is 15.6. The summed E-state index contributed by atoms with van der Waals surface area (Å²) in [6.45, 7) is 1.06. The third-order valence-corrected chi connectivity index (χ3v) is 5.20. The Kier molecular flexibility index (Phi) is 5.37. The second kappa shape index (κ2) is 8.25. The Morgan fingerprint density at radius 2 is 1.75 bits per heavy atom. The molecule has 0 radical (unpaired) electrons. The maximum Gasteiger partial charge on any atom is 0.266 e. The van der Waals surface area contributed by atoms with Crippen molar-refractivity contribution < 1.29 is 14.4 Å². The maximum absolute atomic E-state index is 12.9. The van der Waals surface area contributed by atoms with Crippen LogP contribution in [0.4, 0.5) is 5.69 Å². The van der Waals surface area contributed by atoms with Crippen LogP contribution >= 0.6 is 0 Å². The van der Waals surface area contributed by atoms with E-state index in [1.54, 1.807) is 4.90 Å². The number of piperidine rings is 1. The van der Waals surface area contributed by atoms with E-state index >= 15 is 0 Å². The van der Waals surface area contributed by atoms with Crippen molar-refractivity contribution in [3.8, 4) is 0 Å². The molecule has 2 amide bonds. The lowest BCUT2D eigenvalue weighted by atomic mass is 9.96. The van der Waals surface area contributed by atoms with Crippen molar-refractivity contribution in [2.45, 2.75) is 25.4 Å². The molecule has 1 N–H and O–H groups in total. The number of carbonyl (C=O) groups is 2. The Hall–Kier alpha value is -3.15. The summed E-state index contributed by atoms with van der Waals surface area (Å²) in [5.41, 5.74) is 2.53. The van der Waals surface area contributed by atoms with Crippen molar-refractivity contribution in [1.29, 1.82) is 0 Å². The van der Waals surface area contributed by atoms with Gasteiger partial charge in [0.25, 0.3) is 5.91 Å². The Bertz CT molecular complexity index is 867. The molecule has 6 heteroatoms. The van der Waals surface area contributed by atoms with E-state index in [0.717, 1.165) is 29.8 Å². The van der Waals surface area contributed by atoms with E-state index in [0.29, 0.717) is 19.5 Å². The number of nitrogens with zero attached hydrogens (tertiary/aromatic N) is 2. The van der Waals surface area contributed by atoms with Crippen LogP contribution in [-0.4, -0.2) is 41.6 Å². The van der Waals surface area contributed by atoms with Gasteiger partial charge in [-0.05, 0) is 30.5 Å². The van der Waals surface area contributed by atoms with E-state index in [-0.39, 0.29) is 17.7 Å². The molecule has 2 atom stereocenters. The van der Waals surface area contributed by atoms with Crippen LogP contribution in [0.5, 0.6) is 0 Å². The molecule has 2 unspecified atom stereocenters. The maximum atomic E-state index is 12.9. The highest BCUT2D eigenvalue weighted by Crippen LogP contribution is 2.23. The molecule has 2 heterocycles. The van der Waals surface area contributed by atoms with Crippen molar-refractivity contribution >= 4 is 23.2 Å². The van der Waals surface area contributed by atoms with Gasteiger partial charge in [0.05, 0.1) is 11.6 Å². The molecule has 0 aromatic heterocycles. The van der Waals surface area contributed by atoms with Crippen LogP contribution in [0, 0.1) is 5.92 Å².